The fourth-order valence-electron chi connectivity index (χ4n) is 9.90. The van der Waals surface area contributed by atoms with Gasteiger partial charge in [-0.25, -0.2) is 13.6 Å². The lowest BCUT2D eigenvalue weighted by atomic mass is 9.43. The largest absolute Gasteiger partial charge is 0.446 e. The van der Waals surface area contributed by atoms with Crippen LogP contribution < -0.4 is 0 Å². The van der Waals surface area contributed by atoms with E-state index in [0.29, 0.717) is 24.3 Å². The van der Waals surface area contributed by atoms with Crippen molar-refractivity contribution in [2.45, 2.75) is 103 Å². The van der Waals surface area contributed by atoms with Gasteiger partial charge in [-0.1, -0.05) is 58.6 Å². The number of esters is 2. The molecule has 0 unspecified atom stereocenters. The van der Waals surface area contributed by atoms with Gasteiger partial charge in [0.1, 0.15) is 0 Å². The molecule has 0 radical (unpaired) electrons. The molecular formula is C32H44F2O6. The van der Waals surface area contributed by atoms with Crippen LogP contribution in [-0.4, -0.2) is 47.1 Å². The van der Waals surface area contributed by atoms with Gasteiger partial charge in [-0.15, -0.1) is 0 Å². The molecule has 5 aliphatic carbocycles. The van der Waals surface area contributed by atoms with Gasteiger partial charge in [0.25, 0.3) is 0 Å². The highest BCUT2D eigenvalue weighted by atomic mass is 19.1. The SMILES string of the molecule is C[C@@H]1CCCC[C@@H]1CC(=O)O[C@]1(C(=O)OCF)[C@H](C)C[C@H]2[C@@H]3C[C@H](C)C4=CC(=O)C=C[C@]4(C)[C@@]3(F)[C@@H](O)C[C@@]21C. The Morgan fingerprint density at radius 3 is 2.48 bits per heavy atom. The smallest absolute Gasteiger partial charge is 0.353 e. The summed E-state index contributed by atoms with van der Waals surface area (Å²) < 4.78 is 42.3. The minimum absolute atomic E-state index is 0.136. The van der Waals surface area contributed by atoms with Gasteiger partial charge in [-0.05, 0) is 68.4 Å². The highest BCUT2D eigenvalue weighted by Crippen LogP contribution is 2.72. The Balaban J connectivity index is 1.55. The van der Waals surface area contributed by atoms with E-state index in [2.05, 4.69) is 6.92 Å². The van der Waals surface area contributed by atoms with Gasteiger partial charge < -0.3 is 14.6 Å². The molecule has 6 nitrogen and oxygen atoms in total. The molecule has 11 atom stereocenters. The van der Waals surface area contributed by atoms with Crippen LogP contribution in [0.5, 0.6) is 0 Å². The third-order valence-corrected chi connectivity index (χ3v) is 12.0. The van der Waals surface area contributed by atoms with Crippen molar-refractivity contribution >= 4 is 17.7 Å². The van der Waals surface area contributed by atoms with Crippen LogP contribution >= 0.6 is 0 Å². The van der Waals surface area contributed by atoms with E-state index in [0.717, 1.165) is 25.7 Å². The summed E-state index contributed by atoms with van der Waals surface area (Å²) in [7, 11) is 0. The fourth-order valence-corrected chi connectivity index (χ4v) is 9.90. The molecule has 0 bridgehead atoms. The highest BCUT2D eigenvalue weighted by Gasteiger charge is 2.78. The van der Waals surface area contributed by atoms with Crippen LogP contribution in [-0.2, 0) is 23.9 Å². The molecule has 0 aromatic rings. The number of alkyl halides is 2. The Hall–Kier alpha value is -2.09. The van der Waals surface area contributed by atoms with Crippen molar-refractivity contribution in [1.29, 1.82) is 0 Å². The van der Waals surface area contributed by atoms with Crippen LogP contribution in [0.15, 0.2) is 23.8 Å². The molecule has 222 valence electrons. The number of carbonyl (C=O) groups excluding carboxylic acids is 3. The number of hydrogen-bond acceptors (Lipinski definition) is 6. The predicted octanol–water partition coefficient (Wildman–Crippen LogP) is 5.82. The predicted molar refractivity (Wildman–Crippen MR) is 144 cm³/mol. The van der Waals surface area contributed by atoms with Crippen LogP contribution in [0.2, 0.25) is 0 Å². The number of aliphatic hydroxyl groups is 1. The quantitative estimate of drug-likeness (QED) is 0.425. The third-order valence-electron chi connectivity index (χ3n) is 12.0. The maximum atomic E-state index is 17.6. The number of halogens is 2. The molecule has 0 aromatic heterocycles. The summed E-state index contributed by atoms with van der Waals surface area (Å²) in [6.07, 6.45) is 7.75. The first-order valence-corrected chi connectivity index (χ1v) is 15.0. The number of fused-ring (bicyclic) bond motifs is 5. The number of ether oxygens (including phenoxy) is 2. The van der Waals surface area contributed by atoms with Crippen molar-refractivity contribution in [3.63, 3.8) is 0 Å². The molecule has 0 heterocycles. The zero-order valence-corrected chi connectivity index (χ0v) is 24.4. The van der Waals surface area contributed by atoms with Crippen molar-refractivity contribution in [1.82, 2.24) is 0 Å². The molecule has 0 saturated heterocycles. The van der Waals surface area contributed by atoms with Gasteiger partial charge in [0.15, 0.2) is 11.5 Å². The van der Waals surface area contributed by atoms with E-state index in [1.807, 2.05) is 6.92 Å². The Labute approximate surface area is 235 Å². The molecule has 0 aromatic carbocycles. The number of aliphatic hydroxyl groups excluding tert-OH is 1. The summed E-state index contributed by atoms with van der Waals surface area (Å²) >= 11 is 0. The number of hydrogen-bond donors (Lipinski definition) is 1. The minimum Gasteiger partial charge on any atom is -0.446 e. The van der Waals surface area contributed by atoms with E-state index in [1.54, 1.807) is 26.8 Å². The first kappa shape index (κ1) is 29.4. The maximum absolute atomic E-state index is 17.6. The molecule has 5 rings (SSSR count). The highest BCUT2D eigenvalue weighted by molar-refractivity contribution is 6.01. The van der Waals surface area contributed by atoms with Crippen LogP contribution in [0.3, 0.4) is 0 Å². The standard InChI is InChI=1S/C32H44F2O6/c1-18-8-6-7-9-21(18)14-27(37)40-32(28(38)39-17-33)20(3)13-24-25-12-19(2)23-15-22(35)10-11-29(23,4)31(25,34)26(36)16-30(24,32)5/h10-11,15,18-21,24-26,36H,6-9,12-14,16-17H2,1-5H3/t18-,19+,20-,21-,24+,25+,26+,29+,30+,31+,32+/m1/s1. The average Bonchev–Trinajstić information content (AvgIpc) is 3.10. The lowest BCUT2D eigenvalue weighted by molar-refractivity contribution is -0.240. The van der Waals surface area contributed by atoms with Gasteiger partial charge in [0.2, 0.25) is 12.5 Å². The average molecular weight is 563 g/mol. The number of allylic oxidation sites excluding steroid dienone is 4. The van der Waals surface area contributed by atoms with Crippen molar-refractivity contribution in [2.24, 2.45) is 46.3 Å². The van der Waals surface area contributed by atoms with Gasteiger partial charge in [0, 0.05) is 29.1 Å². The molecule has 4 fully saturated rings. The molecule has 5 aliphatic rings. The van der Waals surface area contributed by atoms with Crippen LogP contribution in [0, 0.1) is 46.3 Å². The van der Waals surface area contributed by atoms with Crippen molar-refractivity contribution < 1.29 is 37.7 Å². The van der Waals surface area contributed by atoms with E-state index in [-0.39, 0.29) is 30.5 Å². The fraction of sp³-hybridized carbons (Fsp3) is 0.781. The molecule has 8 heteroatoms. The molecular weight excluding hydrogens is 518 g/mol. The van der Waals surface area contributed by atoms with Crippen molar-refractivity contribution in [2.75, 3.05) is 6.86 Å². The maximum Gasteiger partial charge on any atom is 0.353 e. The molecule has 0 spiro atoms. The Bertz CT molecular complexity index is 1130. The zero-order valence-electron chi connectivity index (χ0n) is 24.4. The van der Waals surface area contributed by atoms with Crippen molar-refractivity contribution in [3.05, 3.63) is 23.8 Å². The normalized spacial score (nSPS) is 48.0. The topological polar surface area (TPSA) is 89.9 Å². The summed E-state index contributed by atoms with van der Waals surface area (Å²) in [6.45, 7) is 8.02. The van der Waals surface area contributed by atoms with Gasteiger partial charge >= 0.3 is 11.9 Å². The monoisotopic (exact) mass is 562 g/mol. The summed E-state index contributed by atoms with van der Waals surface area (Å²) in [5.41, 5.74) is -5.67. The molecule has 4 saturated carbocycles. The van der Waals surface area contributed by atoms with E-state index in [9.17, 15) is 23.9 Å². The molecule has 40 heavy (non-hydrogen) atoms. The Kier molecular flexibility index (Phi) is 7.37. The number of rotatable bonds is 5. The zero-order chi connectivity index (χ0) is 29.3. The minimum atomic E-state index is -2.10. The number of carbonyl (C=O) groups is 3. The first-order valence-electron chi connectivity index (χ1n) is 15.0. The Morgan fingerprint density at radius 1 is 1.10 bits per heavy atom. The second-order valence-electron chi connectivity index (χ2n) is 13.9. The summed E-state index contributed by atoms with van der Waals surface area (Å²) in [6, 6.07) is 0. The van der Waals surface area contributed by atoms with Crippen molar-refractivity contribution in [3.8, 4) is 0 Å². The molecule has 0 amide bonds. The molecule has 1 N–H and O–H groups in total. The number of ketones is 1. The lowest BCUT2D eigenvalue weighted by Crippen LogP contribution is -2.70. The molecule has 0 aliphatic heterocycles. The first-order chi connectivity index (χ1) is 18.8. The van der Waals surface area contributed by atoms with Crippen LogP contribution in [0.25, 0.3) is 0 Å². The van der Waals surface area contributed by atoms with E-state index < -0.39 is 64.8 Å². The van der Waals surface area contributed by atoms with Gasteiger partial charge in [-0.3, -0.25) is 9.59 Å². The third kappa shape index (κ3) is 3.90. The lowest BCUT2D eigenvalue weighted by Gasteiger charge is -2.63. The Morgan fingerprint density at radius 2 is 1.80 bits per heavy atom. The summed E-state index contributed by atoms with van der Waals surface area (Å²) in [4.78, 5) is 39.5. The van der Waals surface area contributed by atoms with Gasteiger partial charge in [0.05, 0.1) is 6.10 Å². The van der Waals surface area contributed by atoms with E-state index >= 15 is 4.39 Å². The van der Waals surface area contributed by atoms with Gasteiger partial charge in [-0.2, -0.15) is 0 Å². The second kappa shape index (κ2) is 10.0. The van der Waals surface area contributed by atoms with E-state index in [1.165, 1.54) is 12.2 Å². The van der Waals surface area contributed by atoms with Crippen LogP contribution in [0.4, 0.5) is 8.78 Å². The van der Waals surface area contributed by atoms with E-state index in [4.69, 9.17) is 9.47 Å². The summed E-state index contributed by atoms with van der Waals surface area (Å²) in [5, 5.41) is 11.7. The summed E-state index contributed by atoms with van der Waals surface area (Å²) in [5.74, 6) is -3.05. The second-order valence-corrected chi connectivity index (χ2v) is 13.9. The van der Waals surface area contributed by atoms with Crippen LogP contribution in [0.1, 0.15) is 86.0 Å².